The highest BCUT2D eigenvalue weighted by Crippen LogP contribution is 2.33. The molecule has 0 spiro atoms. The fourth-order valence-corrected chi connectivity index (χ4v) is 10.7. The van der Waals surface area contributed by atoms with Gasteiger partial charge in [0.15, 0.2) is 17.1 Å². The summed E-state index contributed by atoms with van der Waals surface area (Å²) in [5, 5.41) is 43.2. The fourth-order valence-electron chi connectivity index (χ4n) is 10.3. The minimum absolute atomic E-state index is 0.0205. The molecule has 5 amide bonds. The number of aliphatic carboxylic acids is 1. The Bertz CT molecular complexity index is 4000. The van der Waals surface area contributed by atoms with Crippen LogP contribution in [0.25, 0.3) is 0 Å². The van der Waals surface area contributed by atoms with Crippen LogP contribution in [0.1, 0.15) is 208 Å². The molecular weight excluding hydrogens is 1430 g/mol. The van der Waals surface area contributed by atoms with E-state index in [1.165, 1.54) is 68.4 Å². The summed E-state index contributed by atoms with van der Waals surface area (Å²) in [7, 11) is 0. The zero-order valence-corrected chi connectivity index (χ0v) is 63.5. The molecule has 3 fully saturated rings. The van der Waals surface area contributed by atoms with Gasteiger partial charge >= 0.3 is 30.1 Å². The number of amides is 5. The van der Waals surface area contributed by atoms with Crippen LogP contribution in [0.3, 0.4) is 0 Å². The number of phenolic OH excluding ortho intramolecular Hbond substituents is 1. The summed E-state index contributed by atoms with van der Waals surface area (Å²) < 4.78 is 64.6. The molecule has 3 aliphatic carbocycles. The molecule has 26 nitrogen and oxygen atoms in total. The third kappa shape index (κ3) is 26.0. The van der Waals surface area contributed by atoms with E-state index in [1.54, 1.807) is 83.9 Å². The SMILES string of the molecule is CC[C@](C)(N)C(=O)Oc1ccc(CN(CC2CCC2)C(=O)c2cc(Cl)[nH]n2)c(F)c1.CC[C@](C)(NC(=O)OC(C)(C)C)C(=O)O.CC[C@](C)(NC(=O)OC(C)(C)C)C(=O)Oc1ccc(CN(CC2CCC2)C(=O)c2cc(Cl)[nH]n2)c(F)c1.O=C(c1cc(Cl)[nH]n1)N(Cc1ccc(O)cc1F)CC1CCC1. The van der Waals surface area contributed by atoms with Gasteiger partial charge in [-0.05, 0) is 156 Å². The van der Waals surface area contributed by atoms with Gasteiger partial charge in [0.05, 0.1) is 0 Å². The number of carboxylic acid groups (broad SMARTS) is 1. The maximum absolute atomic E-state index is 15.1. The lowest BCUT2D eigenvalue weighted by atomic mass is 9.85. The standard InChI is InChI=1S/C26H34ClFN4O5.C21H26ClFN4O3.C16H17ClFN3O2.C10H19NO4/c1-6-26(5,29-24(35)37-25(2,3)4)23(34)36-18-11-10-17(19(28)12-18)15-32(14-16-8-7-9-16)22(33)20-13-21(27)31-30-20;1-3-21(2,24)20(29)30-15-8-7-14(16(23)9-15)12-27(11-13-5-4-6-13)19(28)17-10-18(22)26-25-17;17-15-7-14(19-20-15)16(23)21(8-10-2-1-3-10)9-11-4-5-12(22)6-13(11)18;1-6-10(5,7(12)13)11-8(14)15-9(2,3)4/h10-13,16H,6-9,14-15H2,1-5H3,(H,29,35)(H,30,31);7-10,13H,3-6,11-12,24H2,1-2H3,(H,25,26);4-7,10,22H,1-3,8-9H2,(H,19,20);6H2,1-5H3,(H,11,14)(H,12,13)/t26-;21-;;10-/m00.0/s1. The molecule has 0 radical (unpaired) electrons. The maximum Gasteiger partial charge on any atom is 0.408 e. The smallest absolute Gasteiger partial charge is 0.408 e. The Hall–Kier alpha value is -8.93. The zero-order chi connectivity index (χ0) is 77.9. The third-order valence-corrected chi connectivity index (χ3v) is 18.5. The summed E-state index contributed by atoms with van der Waals surface area (Å²) in [6.45, 7) is 21.7. The lowest BCUT2D eigenvalue weighted by Gasteiger charge is -2.32. The number of halogens is 6. The zero-order valence-electron chi connectivity index (χ0n) is 61.2. The number of aromatic amines is 3. The van der Waals surface area contributed by atoms with Crippen molar-refractivity contribution in [2.45, 2.75) is 208 Å². The van der Waals surface area contributed by atoms with Crippen molar-refractivity contribution in [2.75, 3.05) is 19.6 Å². The molecule has 0 saturated heterocycles. The molecule has 6 aromatic rings. The minimum Gasteiger partial charge on any atom is -0.508 e. The first-order chi connectivity index (χ1) is 49.1. The molecule has 9 N–H and O–H groups in total. The number of rotatable bonds is 25. The summed E-state index contributed by atoms with van der Waals surface area (Å²) in [6.07, 6.45) is 9.08. The number of esters is 2. The number of hydrogen-bond acceptors (Lipinski definition) is 17. The van der Waals surface area contributed by atoms with Gasteiger partial charge in [0.1, 0.15) is 78.0 Å². The topological polar surface area (TPSA) is 360 Å². The van der Waals surface area contributed by atoms with E-state index in [4.69, 9.17) is 64.6 Å². The van der Waals surface area contributed by atoms with Crippen molar-refractivity contribution in [3.63, 3.8) is 0 Å². The Morgan fingerprint density at radius 1 is 0.505 bits per heavy atom. The van der Waals surface area contributed by atoms with Gasteiger partial charge in [-0.25, -0.2) is 37.1 Å². The van der Waals surface area contributed by atoms with E-state index >= 15 is 4.39 Å². The van der Waals surface area contributed by atoms with E-state index in [9.17, 15) is 52.2 Å². The quantitative estimate of drug-likeness (QED) is 0.0195. The van der Waals surface area contributed by atoms with Gasteiger partial charge in [-0.15, -0.1) is 0 Å². The van der Waals surface area contributed by atoms with Gasteiger partial charge < -0.3 is 60.2 Å². The van der Waals surface area contributed by atoms with Gasteiger partial charge in [0.25, 0.3) is 17.7 Å². The predicted molar refractivity (Wildman–Crippen MR) is 386 cm³/mol. The number of aromatic nitrogens is 6. The van der Waals surface area contributed by atoms with Crippen molar-refractivity contribution in [2.24, 2.45) is 23.5 Å². The lowest BCUT2D eigenvalue weighted by Crippen LogP contribution is -2.54. The number of aromatic hydroxyl groups is 1. The van der Waals surface area contributed by atoms with Crippen molar-refractivity contribution in [3.05, 3.63) is 139 Å². The Kier molecular flexibility index (Phi) is 30.2. The largest absolute Gasteiger partial charge is 0.508 e. The number of H-pyrrole nitrogens is 3. The number of benzene rings is 3. The Labute approximate surface area is 623 Å². The Morgan fingerprint density at radius 3 is 1.10 bits per heavy atom. The first-order valence-electron chi connectivity index (χ1n) is 34.7. The highest BCUT2D eigenvalue weighted by molar-refractivity contribution is 6.30. The van der Waals surface area contributed by atoms with E-state index in [-0.39, 0.29) is 99.1 Å². The van der Waals surface area contributed by atoms with Crippen molar-refractivity contribution >= 4 is 82.6 Å². The number of carboxylic acids is 1. The van der Waals surface area contributed by atoms with E-state index in [2.05, 4.69) is 41.2 Å². The highest BCUT2D eigenvalue weighted by atomic mass is 35.5. The van der Waals surface area contributed by atoms with Crippen LogP contribution in [0.4, 0.5) is 22.8 Å². The number of phenols is 1. The first-order valence-corrected chi connectivity index (χ1v) is 35.8. The van der Waals surface area contributed by atoms with Gasteiger partial charge in [0, 0.05) is 92.4 Å². The molecule has 3 aromatic heterocycles. The van der Waals surface area contributed by atoms with Crippen LogP contribution in [0, 0.1) is 35.2 Å². The molecule has 3 atom stereocenters. The van der Waals surface area contributed by atoms with Crippen molar-refractivity contribution < 1.29 is 80.7 Å². The van der Waals surface area contributed by atoms with Crippen molar-refractivity contribution in [3.8, 4) is 17.2 Å². The van der Waals surface area contributed by atoms with Crippen LogP contribution in [0.15, 0.2) is 72.8 Å². The van der Waals surface area contributed by atoms with Crippen LogP contribution in [-0.4, -0.2) is 151 Å². The molecule has 574 valence electrons. The van der Waals surface area contributed by atoms with Crippen molar-refractivity contribution in [1.82, 2.24) is 55.9 Å². The van der Waals surface area contributed by atoms with Crippen LogP contribution in [-0.2, 0) is 43.5 Å². The number of carbonyl (C=O) groups excluding carboxylic acids is 7. The first kappa shape index (κ1) is 85.0. The number of ether oxygens (including phenoxy) is 4. The summed E-state index contributed by atoms with van der Waals surface area (Å²) in [6, 6.07) is 16.5. The Morgan fingerprint density at radius 2 is 0.829 bits per heavy atom. The van der Waals surface area contributed by atoms with Crippen LogP contribution in [0.5, 0.6) is 17.2 Å². The number of nitrogens with one attached hydrogen (secondary N) is 5. The van der Waals surface area contributed by atoms with Crippen molar-refractivity contribution in [1.29, 1.82) is 0 Å². The Balaban J connectivity index is 0.000000230. The van der Waals surface area contributed by atoms with E-state index in [1.807, 2.05) is 0 Å². The second kappa shape index (κ2) is 37.4. The molecule has 3 heterocycles. The highest BCUT2D eigenvalue weighted by Gasteiger charge is 2.39. The second-order valence-electron chi connectivity index (χ2n) is 29.0. The molecule has 0 bridgehead atoms. The normalized spacial score (nSPS) is 15.3. The minimum atomic E-state index is -1.38. The van der Waals surface area contributed by atoms with E-state index in [0.29, 0.717) is 61.4 Å². The predicted octanol–water partition coefficient (Wildman–Crippen LogP) is 14.0. The monoisotopic (exact) mass is 1530 g/mol. The molecule has 3 aromatic carbocycles. The molecule has 0 unspecified atom stereocenters. The molecule has 3 saturated carbocycles. The number of hydrogen-bond donors (Lipinski definition) is 8. The van der Waals surface area contributed by atoms with Crippen LogP contribution < -0.4 is 25.8 Å². The lowest BCUT2D eigenvalue weighted by molar-refractivity contribution is -0.144. The second-order valence-corrected chi connectivity index (χ2v) is 30.2. The summed E-state index contributed by atoms with van der Waals surface area (Å²) in [5.74, 6) is -4.05. The fraction of sp³-hybridized carbons (Fsp3) is 0.521. The molecule has 32 heteroatoms. The van der Waals surface area contributed by atoms with Crippen LogP contribution >= 0.6 is 34.8 Å². The summed E-state index contributed by atoms with van der Waals surface area (Å²) in [4.78, 5) is 103. The van der Waals surface area contributed by atoms with Gasteiger partial charge in [0.2, 0.25) is 0 Å². The summed E-state index contributed by atoms with van der Waals surface area (Å²) >= 11 is 17.5. The molecular formula is C73H96Cl3F3N12O14. The number of carbonyl (C=O) groups is 8. The summed E-state index contributed by atoms with van der Waals surface area (Å²) in [5.41, 5.74) is 2.20. The molecule has 9 rings (SSSR count). The third-order valence-electron chi connectivity index (χ3n) is 18.0. The average molecular weight is 1530 g/mol. The molecule has 3 aliphatic rings. The van der Waals surface area contributed by atoms with Gasteiger partial charge in [-0.1, -0.05) is 93.0 Å². The van der Waals surface area contributed by atoms with E-state index < -0.39 is 75.4 Å². The number of alkyl carbamates (subject to hydrolysis) is 2. The molecule has 105 heavy (non-hydrogen) atoms. The molecule has 0 aliphatic heterocycles. The maximum atomic E-state index is 15.1. The average Bonchev–Trinajstić information content (AvgIpc) is 1.80. The number of nitrogens with two attached hydrogens (primary N) is 1. The van der Waals surface area contributed by atoms with E-state index in [0.717, 1.165) is 76.0 Å². The van der Waals surface area contributed by atoms with Crippen LogP contribution in [0.2, 0.25) is 15.5 Å². The number of nitrogens with zero attached hydrogens (tertiary/aromatic N) is 6. The van der Waals surface area contributed by atoms with Gasteiger partial charge in [-0.2, -0.15) is 15.3 Å². The van der Waals surface area contributed by atoms with Gasteiger partial charge in [-0.3, -0.25) is 29.7 Å².